The number of hydrogen-bond donors (Lipinski definition) is 2. The second kappa shape index (κ2) is 4.04. The van der Waals surface area contributed by atoms with Gasteiger partial charge < -0.3 is 4.48 Å². The molecule has 1 heterocycles. The number of piperazine rings is 1. The van der Waals surface area contributed by atoms with E-state index in [9.17, 15) is 4.79 Å². The summed E-state index contributed by atoms with van der Waals surface area (Å²) in [7, 11) is 4.42. The lowest BCUT2D eigenvalue weighted by molar-refractivity contribution is -0.894. The van der Waals surface area contributed by atoms with Gasteiger partial charge >= 0.3 is 0 Å². The molecule has 0 radical (unpaired) electrons. The Morgan fingerprint density at radius 2 is 2.00 bits per heavy atom. The summed E-state index contributed by atoms with van der Waals surface area (Å²) in [5, 5.41) is 0. The Labute approximate surface area is 79.0 Å². The summed E-state index contributed by atoms with van der Waals surface area (Å²) in [6, 6.07) is 0. The number of likely N-dealkylation sites (N-methyl/N-ethyl adjacent to an activating group) is 1. The van der Waals surface area contributed by atoms with Crippen LogP contribution in [0.15, 0.2) is 0 Å². The maximum Gasteiger partial charge on any atom is 0.248 e. The molecule has 0 aromatic carbocycles. The Morgan fingerprint density at radius 1 is 1.46 bits per heavy atom. The molecule has 1 saturated heterocycles. The molecule has 0 unspecified atom stereocenters. The molecule has 0 atom stereocenters. The monoisotopic (exact) mass is 187 g/mol. The van der Waals surface area contributed by atoms with Crippen molar-refractivity contribution in [3.63, 3.8) is 0 Å². The van der Waals surface area contributed by atoms with Crippen molar-refractivity contribution in [2.45, 2.75) is 0 Å². The first-order chi connectivity index (χ1) is 6.03. The van der Waals surface area contributed by atoms with E-state index >= 15 is 0 Å². The van der Waals surface area contributed by atoms with Gasteiger partial charge in [0.15, 0.2) is 0 Å². The smallest absolute Gasteiger partial charge is 0.248 e. The Bertz CT molecular complexity index is 183. The minimum Gasteiger partial charge on any atom is -0.326 e. The molecule has 1 fully saturated rings. The highest BCUT2D eigenvalue weighted by Crippen LogP contribution is 2.05. The summed E-state index contributed by atoms with van der Waals surface area (Å²) in [4.78, 5) is 13.1. The van der Waals surface area contributed by atoms with E-state index in [1.54, 1.807) is 0 Å². The van der Waals surface area contributed by atoms with Crippen LogP contribution >= 0.6 is 0 Å². The van der Waals surface area contributed by atoms with E-state index in [2.05, 4.69) is 24.4 Å². The first-order valence-electron chi connectivity index (χ1n) is 4.57. The predicted molar refractivity (Wildman–Crippen MR) is 50.6 cm³/mol. The third-order valence-corrected chi connectivity index (χ3v) is 2.57. The van der Waals surface area contributed by atoms with Crippen molar-refractivity contribution < 1.29 is 9.28 Å². The highest BCUT2D eigenvalue weighted by molar-refractivity contribution is 5.77. The molecule has 0 saturated carbocycles. The normalized spacial score (nSPS) is 22.7. The van der Waals surface area contributed by atoms with Crippen LogP contribution in [0, 0.1) is 0 Å². The number of nitrogens with one attached hydrogen (secondary N) is 1. The highest BCUT2D eigenvalue weighted by atomic mass is 16.2. The zero-order valence-corrected chi connectivity index (χ0v) is 8.42. The van der Waals surface area contributed by atoms with Crippen LogP contribution in [0.2, 0.25) is 0 Å². The van der Waals surface area contributed by atoms with Gasteiger partial charge in [0.2, 0.25) is 5.91 Å². The number of carbonyl (C=O) groups is 1. The third kappa shape index (κ3) is 3.30. The first kappa shape index (κ1) is 10.4. The lowest BCUT2D eigenvalue weighted by Crippen LogP contribution is -2.56. The van der Waals surface area contributed by atoms with Crippen LogP contribution < -0.4 is 11.3 Å². The molecule has 5 nitrogen and oxygen atoms in total. The highest BCUT2D eigenvalue weighted by Gasteiger charge is 2.24. The van der Waals surface area contributed by atoms with Gasteiger partial charge in [0.25, 0.3) is 0 Å². The van der Waals surface area contributed by atoms with E-state index in [-0.39, 0.29) is 5.91 Å². The molecule has 13 heavy (non-hydrogen) atoms. The number of nitrogens with zero attached hydrogens (tertiary/aromatic N) is 2. The van der Waals surface area contributed by atoms with Crippen molar-refractivity contribution in [3.05, 3.63) is 0 Å². The molecule has 0 spiro atoms. The minimum atomic E-state index is -0.104. The summed E-state index contributed by atoms with van der Waals surface area (Å²) in [5.41, 5.74) is 2.15. The third-order valence-electron chi connectivity index (χ3n) is 2.57. The summed E-state index contributed by atoms with van der Waals surface area (Å²) in [6.45, 7) is 4.56. The van der Waals surface area contributed by atoms with Gasteiger partial charge in [0, 0.05) is 13.1 Å². The second-order valence-corrected chi connectivity index (χ2v) is 4.23. The molecule has 1 aliphatic heterocycles. The number of quaternary nitrogens is 1. The fraction of sp³-hybridized carbons (Fsp3) is 0.875. The fourth-order valence-corrected chi connectivity index (χ4v) is 1.45. The van der Waals surface area contributed by atoms with E-state index in [1.807, 2.05) is 0 Å². The topological polar surface area (TPSA) is 58.4 Å². The van der Waals surface area contributed by atoms with Crippen molar-refractivity contribution >= 4 is 5.91 Å². The molecule has 1 aliphatic rings. The molecular formula is C8H19N4O+. The molecule has 76 valence electrons. The molecule has 1 rings (SSSR count). The van der Waals surface area contributed by atoms with E-state index in [0.29, 0.717) is 6.54 Å². The lowest BCUT2D eigenvalue weighted by Gasteiger charge is -2.38. The second-order valence-electron chi connectivity index (χ2n) is 4.23. The Morgan fingerprint density at radius 3 is 2.46 bits per heavy atom. The number of amides is 1. The molecule has 5 heteroatoms. The number of rotatable bonds is 2. The van der Waals surface area contributed by atoms with Gasteiger partial charge in [0.1, 0.15) is 0 Å². The van der Waals surface area contributed by atoms with Gasteiger partial charge in [0.05, 0.1) is 33.7 Å². The van der Waals surface area contributed by atoms with E-state index in [1.165, 1.54) is 0 Å². The molecule has 0 aliphatic carbocycles. The predicted octanol–water partition coefficient (Wildman–Crippen LogP) is -1.63. The first-order valence-corrected chi connectivity index (χ1v) is 4.57. The zero-order valence-electron chi connectivity index (χ0n) is 8.42. The lowest BCUT2D eigenvalue weighted by atomic mass is 10.3. The SMILES string of the molecule is C[N+]1(C)CCN(CC(=O)NN)CC1. The Kier molecular flexibility index (Phi) is 3.24. The summed E-state index contributed by atoms with van der Waals surface area (Å²) in [5.74, 6) is 4.91. The van der Waals surface area contributed by atoms with Gasteiger partial charge in [-0.1, -0.05) is 0 Å². The number of hydrazine groups is 1. The molecule has 0 bridgehead atoms. The Balaban J connectivity index is 2.29. The largest absolute Gasteiger partial charge is 0.326 e. The van der Waals surface area contributed by atoms with Crippen LogP contribution in [0.3, 0.4) is 0 Å². The van der Waals surface area contributed by atoms with Crippen molar-refractivity contribution in [2.75, 3.05) is 46.8 Å². The quantitative estimate of drug-likeness (QED) is 0.236. The van der Waals surface area contributed by atoms with Gasteiger partial charge in [-0.3, -0.25) is 15.1 Å². The molecule has 0 aromatic heterocycles. The van der Waals surface area contributed by atoms with E-state index < -0.39 is 0 Å². The van der Waals surface area contributed by atoms with Crippen LogP contribution in [0.4, 0.5) is 0 Å². The minimum absolute atomic E-state index is 0.104. The van der Waals surface area contributed by atoms with Crippen molar-refractivity contribution in [1.29, 1.82) is 0 Å². The molecule has 3 N–H and O–H groups in total. The van der Waals surface area contributed by atoms with Crippen LogP contribution in [0.1, 0.15) is 0 Å². The maximum absolute atomic E-state index is 11.0. The number of nitrogens with two attached hydrogens (primary N) is 1. The molecule has 0 aromatic rings. The zero-order chi connectivity index (χ0) is 9.90. The molecule has 1 amide bonds. The van der Waals surface area contributed by atoms with Crippen molar-refractivity contribution in [3.8, 4) is 0 Å². The maximum atomic E-state index is 11.0. The fourth-order valence-electron chi connectivity index (χ4n) is 1.45. The van der Waals surface area contributed by atoms with Gasteiger partial charge in [-0.15, -0.1) is 0 Å². The van der Waals surface area contributed by atoms with E-state index in [0.717, 1.165) is 30.7 Å². The standard InChI is InChI=1S/C8H18N4O/c1-12(2)5-3-11(4-6-12)7-8(13)10-9/h3-7,9H2,1-2H3/p+1. The molecular weight excluding hydrogens is 168 g/mol. The van der Waals surface area contributed by atoms with Crippen molar-refractivity contribution in [1.82, 2.24) is 10.3 Å². The summed E-state index contributed by atoms with van der Waals surface area (Å²) in [6.07, 6.45) is 0. The van der Waals surface area contributed by atoms with Gasteiger partial charge in [-0.05, 0) is 0 Å². The summed E-state index contributed by atoms with van der Waals surface area (Å²) < 4.78 is 1.04. The van der Waals surface area contributed by atoms with E-state index in [4.69, 9.17) is 5.84 Å². The number of hydrogen-bond acceptors (Lipinski definition) is 3. The summed E-state index contributed by atoms with van der Waals surface area (Å²) >= 11 is 0. The van der Waals surface area contributed by atoms with Crippen LogP contribution in [-0.4, -0.2) is 62.1 Å². The van der Waals surface area contributed by atoms with Gasteiger partial charge in [-0.25, -0.2) is 5.84 Å². The van der Waals surface area contributed by atoms with Crippen LogP contribution in [-0.2, 0) is 4.79 Å². The average Bonchev–Trinajstić information content (AvgIpc) is 2.08. The average molecular weight is 187 g/mol. The number of carbonyl (C=O) groups excluding carboxylic acids is 1. The van der Waals surface area contributed by atoms with Crippen molar-refractivity contribution in [2.24, 2.45) is 5.84 Å². The van der Waals surface area contributed by atoms with Crippen LogP contribution in [0.25, 0.3) is 0 Å². The van der Waals surface area contributed by atoms with Gasteiger partial charge in [-0.2, -0.15) is 0 Å². The Hall–Kier alpha value is -0.650. The van der Waals surface area contributed by atoms with Crippen LogP contribution in [0.5, 0.6) is 0 Å².